The molecule has 12 nitrogen and oxygen atoms in total. The lowest BCUT2D eigenvalue weighted by molar-refractivity contribution is -0.297. The second-order valence-electron chi connectivity index (χ2n) is 15.7. The zero-order chi connectivity index (χ0) is 42.7. The quantitative estimate of drug-likeness (QED) is 0.0202. The second kappa shape index (κ2) is 35.6. The van der Waals surface area contributed by atoms with Gasteiger partial charge in [-0.2, -0.15) is 8.42 Å². The average Bonchev–Trinajstić information content (AvgIpc) is 3.18. The fraction of sp³-hybridized carbons (Fsp3) is 0.822. The van der Waals surface area contributed by atoms with Gasteiger partial charge in [0.1, 0.15) is 36.8 Å². The first kappa shape index (κ1) is 53.9. The Bertz CT molecular complexity index is 1220. The third-order valence-corrected chi connectivity index (χ3v) is 10.9. The van der Waals surface area contributed by atoms with Gasteiger partial charge >= 0.3 is 11.9 Å². The van der Waals surface area contributed by atoms with E-state index < -0.39 is 71.2 Å². The molecule has 0 aliphatic carbocycles. The molecule has 338 valence electrons. The Hall–Kier alpha value is -2.13. The van der Waals surface area contributed by atoms with Crippen LogP contribution < -0.4 is 0 Å². The van der Waals surface area contributed by atoms with Crippen molar-refractivity contribution in [1.29, 1.82) is 0 Å². The lowest BCUT2D eigenvalue weighted by Gasteiger charge is -2.40. The minimum Gasteiger partial charge on any atom is -0.462 e. The van der Waals surface area contributed by atoms with E-state index in [0.717, 1.165) is 51.4 Å². The van der Waals surface area contributed by atoms with Gasteiger partial charge in [-0.15, -0.1) is 0 Å². The highest BCUT2D eigenvalue weighted by atomic mass is 32.2. The van der Waals surface area contributed by atoms with E-state index in [1.807, 2.05) is 0 Å². The van der Waals surface area contributed by atoms with Crippen LogP contribution in [0.5, 0.6) is 0 Å². The van der Waals surface area contributed by atoms with E-state index in [2.05, 4.69) is 50.3 Å². The van der Waals surface area contributed by atoms with Crippen molar-refractivity contribution < 1.29 is 56.8 Å². The molecule has 0 bridgehead atoms. The standard InChI is InChI=1S/C45H80O12S/c1-3-5-7-9-11-13-15-17-19-21-23-25-27-29-31-33-40(46)54-35-38(36-55-45-44(50)43(49)42(48)39(57-45)37-58(51,52)53)56-41(47)34-32-30-28-26-24-22-20-18-16-14-12-10-8-6-4-2/h10,12,17,19,23,25,38-39,42-45,48-50H,3-9,11,13-16,18,20-22,24,26-37H2,1-2H3,(H,51,52,53)/b12-10+,19-17+,25-23+/t38-,39-,42-,43?,44?,45+/m1/s1. The molecule has 58 heavy (non-hydrogen) atoms. The molecule has 6 atom stereocenters. The normalized spacial score (nSPS) is 20.7. The monoisotopic (exact) mass is 845 g/mol. The molecule has 0 radical (unpaired) electrons. The highest BCUT2D eigenvalue weighted by molar-refractivity contribution is 7.85. The summed E-state index contributed by atoms with van der Waals surface area (Å²) in [5, 5.41) is 30.9. The van der Waals surface area contributed by atoms with Gasteiger partial charge in [0.15, 0.2) is 12.4 Å². The largest absolute Gasteiger partial charge is 0.462 e. The predicted octanol–water partition coefficient (Wildman–Crippen LogP) is 9.00. The summed E-state index contributed by atoms with van der Waals surface area (Å²) in [5.41, 5.74) is 0. The van der Waals surface area contributed by atoms with Crippen molar-refractivity contribution in [2.24, 2.45) is 0 Å². The van der Waals surface area contributed by atoms with Crippen molar-refractivity contribution in [1.82, 2.24) is 0 Å². The fourth-order valence-electron chi connectivity index (χ4n) is 6.63. The molecule has 1 heterocycles. The van der Waals surface area contributed by atoms with Crippen LogP contribution in [0.2, 0.25) is 0 Å². The van der Waals surface area contributed by atoms with Crippen LogP contribution in [0.15, 0.2) is 36.5 Å². The molecular weight excluding hydrogens is 765 g/mol. The summed E-state index contributed by atoms with van der Waals surface area (Å²) < 4.78 is 54.0. The lowest BCUT2D eigenvalue weighted by Crippen LogP contribution is -2.60. The van der Waals surface area contributed by atoms with E-state index in [0.29, 0.717) is 12.8 Å². The van der Waals surface area contributed by atoms with E-state index in [1.54, 1.807) is 0 Å². The molecule has 4 N–H and O–H groups in total. The highest BCUT2D eigenvalue weighted by Crippen LogP contribution is 2.24. The van der Waals surface area contributed by atoms with Crippen molar-refractivity contribution in [3.05, 3.63) is 36.5 Å². The van der Waals surface area contributed by atoms with Gasteiger partial charge in [0.2, 0.25) is 0 Å². The van der Waals surface area contributed by atoms with Crippen molar-refractivity contribution in [3.63, 3.8) is 0 Å². The molecular formula is C45H80O12S. The number of carbonyl (C=O) groups excluding carboxylic acids is 2. The zero-order valence-corrected chi connectivity index (χ0v) is 36.7. The van der Waals surface area contributed by atoms with Crippen molar-refractivity contribution >= 4 is 22.1 Å². The van der Waals surface area contributed by atoms with Gasteiger partial charge in [0.05, 0.1) is 6.61 Å². The number of hydrogen-bond donors (Lipinski definition) is 4. The molecule has 1 aliphatic heterocycles. The molecule has 0 aromatic carbocycles. The van der Waals surface area contributed by atoms with E-state index >= 15 is 0 Å². The number of hydrogen-bond acceptors (Lipinski definition) is 11. The molecule has 1 saturated heterocycles. The Balaban J connectivity index is 2.48. The summed E-state index contributed by atoms with van der Waals surface area (Å²) in [7, 11) is -4.60. The number of ether oxygens (including phenoxy) is 4. The SMILES string of the molecule is CCCC/C=C/CCCCCCCCCCCC(=O)O[C@H](COC(=O)CCCC/C=C/C/C=C/CCCCCCCC)CO[C@H]1O[C@H](CS(=O)(=O)O)[C@@H](O)C(O)C1O. The van der Waals surface area contributed by atoms with Crippen molar-refractivity contribution in [2.75, 3.05) is 19.0 Å². The van der Waals surface area contributed by atoms with Gasteiger partial charge in [-0.25, -0.2) is 0 Å². The minimum absolute atomic E-state index is 0.155. The molecule has 1 fully saturated rings. The number of aliphatic hydroxyl groups is 3. The number of unbranched alkanes of at least 4 members (excludes halogenated alkanes) is 19. The smallest absolute Gasteiger partial charge is 0.306 e. The number of esters is 2. The summed E-state index contributed by atoms with van der Waals surface area (Å²) in [4.78, 5) is 25.4. The topological polar surface area (TPSA) is 186 Å². The Morgan fingerprint density at radius 3 is 1.62 bits per heavy atom. The minimum atomic E-state index is -4.60. The van der Waals surface area contributed by atoms with Crippen LogP contribution in [0, 0.1) is 0 Å². The first-order chi connectivity index (χ1) is 28.0. The number of allylic oxidation sites excluding steroid dienone is 6. The summed E-state index contributed by atoms with van der Waals surface area (Å²) >= 11 is 0. The van der Waals surface area contributed by atoms with Gasteiger partial charge in [0, 0.05) is 12.8 Å². The van der Waals surface area contributed by atoms with Crippen LogP contribution in [-0.4, -0.2) is 96.0 Å². The third-order valence-electron chi connectivity index (χ3n) is 10.2. The number of aliphatic hydroxyl groups excluding tert-OH is 3. The molecule has 0 spiro atoms. The Morgan fingerprint density at radius 2 is 1.05 bits per heavy atom. The predicted molar refractivity (Wildman–Crippen MR) is 229 cm³/mol. The van der Waals surface area contributed by atoms with Crippen LogP contribution in [-0.2, 0) is 38.7 Å². The fourth-order valence-corrected chi connectivity index (χ4v) is 7.32. The van der Waals surface area contributed by atoms with Gasteiger partial charge in [-0.05, 0) is 64.2 Å². The maximum Gasteiger partial charge on any atom is 0.306 e. The number of rotatable bonds is 37. The van der Waals surface area contributed by atoms with Crippen LogP contribution in [0.3, 0.4) is 0 Å². The average molecular weight is 845 g/mol. The molecule has 1 aliphatic rings. The number of carbonyl (C=O) groups is 2. The van der Waals surface area contributed by atoms with E-state index in [4.69, 9.17) is 18.9 Å². The molecule has 0 aromatic heterocycles. The molecule has 13 heteroatoms. The van der Waals surface area contributed by atoms with E-state index in [1.165, 1.54) is 89.9 Å². The van der Waals surface area contributed by atoms with E-state index in [-0.39, 0.29) is 19.4 Å². The van der Waals surface area contributed by atoms with Gasteiger partial charge in [-0.3, -0.25) is 14.1 Å². The summed E-state index contributed by atoms with van der Waals surface area (Å²) in [6.45, 7) is 3.69. The van der Waals surface area contributed by atoms with Gasteiger partial charge in [0.25, 0.3) is 10.1 Å². The van der Waals surface area contributed by atoms with Crippen LogP contribution in [0.25, 0.3) is 0 Å². The molecule has 0 aromatic rings. The van der Waals surface area contributed by atoms with Crippen molar-refractivity contribution in [3.8, 4) is 0 Å². The highest BCUT2D eigenvalue weighted by Gasteiger charge is 2.46. The molecule has 1 rings (SSSR count). The Labute approximate surface area is 351 Å². The second-order valence-corrected chi connectivity index (χ2v) is 17.2. The third kappa shape index (κ3) is 30.0. The lowest BCUT2D eigenvalue weighted by atomic mass is 10.00. The molecule has 0 saturated carbocycles. The Kier molecular flexibility index (Phi) is 33.1. The molecule has 2 unspecified atom stereocenters. The van der Waals surface area contributed by atoms with Crippen LogP contribution in [0.1, 0.15) is 181 Å². The summed E-state index contributed by atoms with van der Waals surface area (Å²) in [6.07, 6.45) is 30.5. The van der Waals surface area contributed by atoms with Gasteiger partial charge in [-0.1, -0.05) is 140 Å². The molecule has 0 amide bonds. The Morgan fingerprint density at radius 1 is 0.586 bits per heavy atom. The summed E-state index contributed by atoms with van der Waals surface area (Å²) in [5.74, 6) is -2.03. The maximum atomic E-state index is 12.8. The van der Waals surface area contributed by atoms with Crippen molar-refractivity contribution in [2.45, 2.75) is 218 Å². The van der Waals surface area contributed by atoms with Gasteiger partial charge < -0.3 is 34.3 Å². The summed E-state index contributed by atoms with van der Waals surface area (Å²) in [6, 6.07) is 0. The van der Waals surface area contributed by atoms with Crippen LogP contribution in [0.4, 0.5) is 0 Å². The zero-order valence-electron chi connectivity index (χ0n) is 35.9. The first-order valence-electron chi connectivity index (χ1n) is 22.5. The van der Waals surface area contributed by atoms with Crippen LogP contribution >= 0.6 is 0 Å². The maximum absolute atomic E-state index is 12.8. The first-order valence-corrected chi connectivity index (χ1v) is 24.2. The van der Waals surface area contributed by atoms with E-state index in [9.17, 15) is 37.9 Å².